The second kappa shape index (κ2) is 14.9. The number of nitrogens with one attached hydrogen (secondary N) is 1. The number of imidazole rings is 1. The van der Waals surface area contributed by atoms with Gasteiger partial charge in [-0.3, -0.25) is 9.69 Å². The Labute approximate surface area is 303 Å². The molecule has 3 aromatic carbocycles. The number of carbonyl (C=O) groups is 1. The highest BCUT2D eigenvalue weighted by atomic mass is 32.2. The number of benzene rings is 3. The van der Waals surface area contributed by atoms with Gasteiger partial charge in [-0.15, -0.1) is 11.3 Å². The molecule has 4 heterocycles. The summed E-state index contributed by atoms with van der Waals surface area (Å²) in [6.45, 7) is 10.2. The summed E-state index contributed by atoms with van der Waals surface area (Å²) in [5.74, 6) is -0.434. The molecule has 0 spiro atoms. The van der Waals surface area contributed by atoms with E-state index in [4.69, 9.17) is 14.7 Å². The number of nitrogens with zero attached hydrogens (tertiary/aromatic N) is 4. The fourth-order valence-corrected chi connectivity index (χ4v) is 9.54. The first-order chi connectivity index (χ1) is 24.7. The minimum atomic E-state index is -4.26. The average Bonchev–Trinajstić information content (AvgIpc) is 3.72. The summed E-state index contributed by atoms with van der Waals surface area (Å²) in [5.41, 5.74) is 7.63. The van der Waals surface area contributed by atoms with Crippen LogP contribution in [0, 0.1) is 13.8 Å². The van der Waals surface area contributed by atoms with E-state index >= 15 is 0 Å². The van der Waals surface area contributed by atoms with Crippen LogP contribution in [0.4, 0.5) is 0 Å². The van der Waals surface area contributed by atoms with Gasteiger partial charge in [0.05, 0.1) is 25.7 Å². The summed E-state index contributed by atoms with van der Waals surface area (Å²) in [7, 11) is -4.26. The first-order valence-electron chi connectivity index (χ1n) is 17.2. The Bertz CT molecular complexity index is 2220. The summed E-state index contributed by atoms with van der Waals surface area (Å²) >= 11 is 1.21. The third-order valence-corrected chi connectivity index (χ3v) is 12.3. The van der Waals surface area contributed by atoms with Crippen LogP contribution in [-0.2, 0) is 39.1 Å². The lowest BCUT2D eigenvalue weighted by Crippen LogP contribution is -2.35. The SMILES string of the molecule is CCc1nc2c(C)cc(C)nc2n1Cc1ccc(-c2cc(CN3CCOCC3)sc2S(=O)(=O)NC(=O)C(c2ccccc2)c2ccccc2)cc1. The molecule has 0 atom stereocenters. The Kier molecular flexibility index (Phi) is 10.1. The molecule has 1 aliphatic heterocycles. The molecule has 1 amide bonds. The Morgan fingerprint density at radius 1 is 0.882 bits per heavy atom. The zero-order valence-electron chi connectivity index (χ0n) is 29.0. The minimum absolute atomic E-state index is 0.121. The standard InChI is InChI=1S/C40H41N5O4S2/c1-4-35-42-37-27(2)23-28(3)41-38(37)45(35)25-29-15-17-30(18-16-29)34-24-33(26-44-19-21-49-22-20-44)50-40(34)51(47,48)43-39(46)36(31-11-7-5-8-12-31)32-13-9-6-10-14-32/h5-18,23-24,36H,4,19-22,25-26H2,1-3H3,(H,43,46). The number of ether oxygens (including phenoxy) is 1. The summed E-state index contributed by atoms with van der Waals surface area (Å²) in [6.07, 6.45) is 0.774. The molecule has 1 fully saturated rings. The monoisotopic (exact) mass is 719 g/mol. The molecule has 3 aromatic heterocycles. The van der Waals surface area contributed by atoms with Crippen LogP contribution >= 0.6 is 11.3 Å². The molecule has 262 valence electrons. The van der Waals surface area contributed by atoms with Gasteiger partial charge in [0.2, 0.25) is 5.91 Å². The molecular weight excluding hydrogens is 679 g/mol. The van der Waals surface area contributed by atoms with Crippen molar-refractivity contribution < 1.29 is 17.9 Å². The van der Waals surface area contributed by atoms with Crippen LogP contribution in [0.2, 0.25) is 0 Å². The lowest BCUT2D eigenvalue weighted by atomic mass is 9.91. The largest absolute Gasteiger partial charge is 0.379 e. The molecule has 6 aromatic rings. The van der Waals surface area contributed by atoms with Crippen LogP contribution in [-0.4, -0.2) is 60.1 Å². The maximum Gasteiger partial charge on any atom is 0.274 e. The molecule has 0 saturated carbocycles. The summed E-state index contributed by atoms with van der Waals surface area (Å²) in [4.78, 5) is 26.8. The van der Waals surface area contributed by atoms with Crippen molar-refractivity contribution in [3.8, 4) is 11.1 Å². The number of fused-ring (bicyclic) bond motifs is 1. The molecular formula is C40H41N5O4S2. The van der Waals surface area contributed by atoms with E-state index in [2.05, 4.69) is 34.1 Å². The molecule has 0 aliphatic carbocycles. The van der Waals surface area contributed by atoms with Crippen LogP contribution in [0.5, 0.6) is 0 Å². The van der Waals surface area contributed by atoms with Gasteiger partial charge in [-0.1, -0.05) is 91.9 Å². The number of sulfonamides is 1. The Morgan fingerprint density at radius 3 is 2.16 bits per heavy atom. The number of carbonyl (C=O) groups excluding carboxylic acids is 1. The maximum atomic E-state index is 14.3. The fraction of sp³-hybridized carbons (Fsp3) is 0.275. The van der Waals surface area contributed by atoms with Crippen LogP contribution in [0.1, 0.15) is 51.5 Å². The molecule has 1 saturated heterocycles. The van der Waals surface area contributed by atoms with Crippen LogP contribution in [0.25, 0.3) is 22.3 Å². The van der Waals surface area contributed by atoms with E-state index in [-0.39, 0.29) is 4.21 Å². The Hall–Kier alpha value is -4.68. The van der Waals surface area contributed by atoms with Gasteiger partial charge >= 0.3 is 0 Å². The van der Waals surface area contributed by atoms with Crippen molar-refractivity contribution in [2.75, 3.05) is 26.3 Å². The van der Waals surface area contributed by atoms with Crippen molar-refractivity contribution >= 4 is 38.4 Å². The highest BCUT2D eigenvalue weighted by molar-refractivity contribution is 7.92. The number of morpholine rings is 1. The molecule has 1 aliphatic rings. The molecule has 0 bridgehead atoms. The lowest BCUT2D eigenvalue weighted by molar-refractivity contribution is -0.119. The zero-order valence-corrected chi connectivity index (χ0v) is 30.6. The van der Waals surface area contributed by atoms with Gasteiger partial charge in [-0.2, -0.15) is 0 Å². The number of aryl methyl sites for hydroxylation is 3. The second-order valence-electron chi connectivity index (χ2n) is 12.9. The average molecular weight is 720 g/mol. The van der Waals surface area contributed by atoms with Gasteiger partial charge in [0.15, 0.2) is 5.65 Å². The van der Waals surface area contributed by atoms with Crippen molar-refractivity contribution in [2.45, 2.75) is 50.4 Å². The Morgan fingerprint density at radius 2 is 1.53 bits per heavy atom. The summed E-state index contributed by atoms with van der Waals surface area (Å²) in [5, 5.41) is 0. The molecule has 7 rings (SSSR count). The normalized spacial score (nSPS) is 14.0. The molecule has 9 nitrogen and oxygen atoms in total. The van der Waals surface area contributed by atoms with Gasteiger partial charge in [0, 0.05) is 42.2 Å². The highest BCUT2D eigenvalue weighted by Gasteiger charge is 2.31. The van der Waals surface area contributed by atoms with E-state index in [9.17, 15) is 13.2 Å². The van der Waals surface area contributed by atoms with Crippen molar-refractivity contribution in [1.29, 1.82) is 0 Å². The number of aromatic nitrogens is 3. The van der Waals surface area contributed by atoms with E-state index in [0.717, 1.165) is 63.8 Å². The summed E-state index contributed by atoms with van der Waals surface area (Å²) < 4.78 is 38.8. The first kappa shape index (κ1) is 34.8. The van der Waals surface area contributed by atoms with Crippen molar-refractivity contribution in [1.82, 2.24) is 24.2 Å². The van der Waals surface area contributed by atoms with Crippen molar-refractivity contribution in [3.05, 3.63) is 136 Å². The van der Waals surface area contributed by atoms with Crippen LogP contribution in [0.15, 0.2) is 101 Å². The third kappa shape index (κ3) is 7.52. The molecule has 51 heavy (non-hydrogen) atoms. The van der Waals surface area contributed by atoms with Gasteiger partial charge in [-0.25, -0.2) is 23.1 Å². The van der Waals surface area contributed by atoms with Crippen molar-refractivity contribution in [2.24, 2.45) is 0 Å². The van der Waals surface area contributed by atoms with Crippen molar-refractivity contribution in [3.63, 3.8) is 0 Å². The zero-order chi connectivity index (χ0) is 35.5. The van der Waals surface area contributed by atoms with Gasteiger partial charge < -0.3 is 9.30 Å². The molecule has 11 heteroatoms. The Balaban J connectivity index is 1.22. The van der Waals surface area contributed by atoms with E-state index < -0.39 is 21.8 Å². The summed E-state index contributed by atoms with van der Waals surface area (Å²) in [6, 6.07) is 30.5. The number of rotatable bonds is 11. The van der Waals surface area contributed by atoms with Crippen LogP contribution < -0.4 is 4.72 Å². The van der Waals surface area contributed by atoms with Crippen LogP contribution in [0.3, 0.4) is 0 Å². The second-order valence-corrected chi connectivity index (χ2v) is 16.0. The topological polar surface area (TPSA) is 106 Å². The van der Waals surface area contributed by atoms with Gasteiger partial charge in [-0.05, 0) is 53.8 Å². The highest BCUT2D eigenvalue weighted by Crippen LogP contribution is 2.37. The van der Waals surface area contributed by atoms with E-state index in [1.165, 1.54) is 11.3 Å². The number of hydrogen-bond acceptors (Lipinski definition) is 8. The number of amides is 1. The fourth-order valence-electron chi connectivity index (χ4n) is 6.76. The minimum Gasteiger partial charge on any atom is -0.379 e. The van der Waals surface area contributed by atoms with E-state index in [1.807, 2.05) is 97.9 Å². The van der Waals surface area contributed by atoms with Gasteiger partial charge in [0.1, 0.15) is 15.6 Å². The van der Waals surface area contributed by atoms with E-state index in [0.29, 0.717) is 43.0 Å². The number of pyridine rings is 1. The quantitative estimate of drug-likeness (QED) is 0.156. The molecule has 0 unspecified atom stereocenters. The third-order valence-electron chi connectivity index (χ3n) is 9.26. The lowest BCUT2D eigenvalue weighted by Gasteiger charge is -2.25. The number of thiophene rings is 1. The predicted molar refractivity (Wildman–Crippen MR) is 201 cm³/mol. The maximum absolute atomic E-state index is 14.3. The van der Waals surface area contributed by atoms with Gasteiger partial charge in [0.25, 0.3) is 10.0 Å². The predicted octanol–water partition coefficient (Wildman–Crippen LogP) is 6.86. The van der Waals surface area contributed by atoms with E-state index in [1.54, 1.807) is 0 Å². The number of hydrogen-bond donors (Lipinski definition) is 1. The first-order valence-corrected chi connectivity index (χ1v) is 19.5. The smallest absolute Gasteiger partial charge is 0.274 e. The molecule has 1 N–H and O–H groups in total. The molecule has 0 radical (unpaired) electrons.